The first-order chi connectivity index (χ1) is 21.5. The van der Waals surface area contributed by atoms with Crippen LogP contribution >= 0.6 is 11.3 Å². The summed E-state index contributed by atoms with van der Waals surface area (Å²) in [5.74, 6) is 0.504. The van der Waals surface area contributed by atoms with Crippen molar-refractivity contribution in [3.8, 4) is 28.5 Å². The van der Waals surface area contributed by atoms with Gasteiger partial charge in [-0.3, -0.25) is 4.57 Å². The van der Waals surface area contributed by atoms with Crippen LogP contribution in [-0.4, -0.2) is 37.8 Å². The minimum atomic E-state index is -4.75. The Balaban J connectivity index is 1.18. The minimum Gasteiger partial charge on any atom is -0.406 e. The molecule has 45 heavy (non-hydrogen) atoms. The van der Waals surface area contributed by atoms with Gasteiger partial charge in [0.05, 0.1) is 11.4 Å². The van der Waals surface area contributed by atoms with E-state index < -0.39 is 6.36 Å². The molecule has 12 heteroatoms. The van der Waals surface area contributed by atoms with E-state index in [2.05, 4.69) is 51.1 Å². The Morgan fingerprint density at radius 2 is 1.73 bits per heavy atom. The molecule has 0 aliphatic rings. The fourth-order valence-corrected chi connectivity index (χ4v) is 5.73. The quantitative estimate of drug-likeness (QED) is 0.180. The number of aromatic nitrogens is 4. The number of carbonyl (C=O) groups is 1. The predicted molar refractivity (Wildman–Crippen MR) is 168 cm³/mol. The summed E-state index contributed by atoms with van der Waals surface area (Å²) >= 11 is 1.44. The van der Waals surface area contributed by atoms with Crippen LogP contribution in [0.25, 0.3) is 22.8 Å². The first-order valence-electron chi connectivity index (χ1n) is 14.5. The van der Waals surface area contributed by atoms with Crippen molar-refractivity contribution in [3.63, 3.8) is 0 Å². The molecule has 0 saturated carbocycles. The van der Waals surface area contributed by atoms with E-state index >= 15 is 0 Å². The molecular weight excluding hydrogens is 601 g/mol. The molecule has 0 spiro atoms. The number of thiazole rings is 1. The molecule has 0 bridgehead atoms. The van der Waals surface area contributed by atoms with Crippen LogP contribution < -0.4 is 14.9 Å². The molecule has 1 atom stereocenters. The highest BCUT2D eigenvalue weighted by Gasteiger charge is 2.31. The number of urea groups is 1. The van der Waals surface area contributed by atoms with Crippen LogP contribution in [-0.2, 0) is 6.42 Å². The molecule has 0 aliphatic heterocycles. The number of benzene rings is 3. The van der Waals surface area contributed by atoms with Crippen molar-refractivity contribution in [1.82, 2.24) is 24.6 Å². The maximum Gasteiger partial charge on any atom is 0.573 e. The molecule has 2 amide bonds. The Bertz CT molecular complexity index is 1820. The lowest BCUT2D eigenvalue weighted by atomic mass is 10.0. The molecule has 5 aromatic rings. The van der Waals surface area contributed by atoms with Gasteiger partial charge in [-0.05, 0) is 74.1 Å². The Morgan fingerprint density at radius 1 is 1.02 bits per heavy atom. The molecule has 8 nitrogen and oxygen atoms in total. The number of aryl methyl sites for hydroxylation is 2. The highest BCUT2D eigenvalue weighted by Crippen LogP contribution is 2.25. The zero-order valence-electron chi connectivity index (χ0n) is 25.2. The maximum atomic E-state index is 12.9. The molecule has 2 heterocycles. The summed E-state index contributed by atoms with van der Waals surface area (Å²) in [6.07, 6.45) is -1.78. The van der Waals surface area contributed by atoms with Crippen LogP contribution in [0.3, 0.4) is 0 Å². The molecule has 5 rings (SSSR count). The van der Waals surface area contributed by atoms with Crippen LogP contribution in [0.4, 0.5) is 18.0 Å². The Labute approximate surface area is 262 Å². The van der Waals surface area contributed by atoms with E-state index in [1.807, 2.05) is 60.2 Å². The van der Waals surface area contributed by atoms with Crippen molar-refractivity contribution in [3.05, 3.63) is 106 Å². The number of ether oxygens (including phenoxy) is 1. The zero-order valence-corrected chi connectivity index (χ0v) is 26.1. The van der Waals surface area contributed by atoms with Crippen LogP contribution in [0, 0.1) is 6.92 Å². The SMILES string of the molecule is Cc1cs/c(=N\C(=O)NC(C)CCc2ccc(-c3ncn(-c4ccc(OC(F)(F)F)cc4)n3)cc2)n1-c1ccccc1C(C)C. The summed E-state index contributed by atoms with van der Waals surface area (Å²) in [5, 5.41) is 9.45. The molecular formula is C33H33F3N6O2S. The summed E-state index contributed by atoms with van der Waals surface area (Å²) in [7, 11) is 0. The van der Waals surface area contributed by atoms with Crippen molar-refractivity contribution in [2.45, 2.75) is 58.9 Å². The summed E-state index contributed by atoms with van der Waals surface area (Å²) in [6, 6.07) is 20.9. The first kappa shape index (κ1) is 31.7. The van der Waals surface area contributed by atoms with E-state index in [1.165, 1.54) is 52.2 Å². The largest absolute Gasteiger partial charge is 0.573 e. The number of hydrogen-bond donors (Lipinski definition) is 1. The molecule has 1 unspecified atom stereocenters. The average molecular weight is 635 g/mol. The molecule has 0 aliphatic carbocycles. The van der Waals surface area contributed by atoms with E-state index in [0.717, 1.165) is 35.3 Å². The predicted octanol–water partition coefficient (Wildman–Crippen LogP) is 7.75. The molecule has 2 aromatic heterocycles. The average Bonchev–Trinajstić information content (AvgIpc) is 3.63. The van der Waals surface area contributed by atoms with Crippen molar-refractivity contribution in [2.24, 2.45) is 4.99 Å². The minimum absolute atomic E-state index is 0.0938. The standard InChI is InChI=1S/C33H33F3N6O2S/c1-21(2)28-7-5-6-8-29(28)42-23(4)19-45-32(42)39-31(43)38-22(3)9-10-24-11-13-25(14-12-24)30-37-20-41(40-30)26-15-17-27(18-16-26)44-33(34,35)36/h5-8,11-22H,9-10H2,1-4H3,(H,38,43)/b39-32-. The van der Waals surface area contributed by atoms with Crippen molar-refractivity contribution < 1.29 is 22.7 Å². The van der Waals surface area contributed by atoms with Gasteiger partial charge in [-0.25, -0.2) is 14.5 Å². The van der Waals surface area contributed by atoms with Gasteiger partial charge in [-0.15, -0.1) is 29.6 Å². The number of para-hydroxylation sites is 1. The van der Waals surface area contributed by atoms with Crippen LogP contribution in [0.1, 0.15) is 49.9 Å². The zero-order chi connectivity index (χ0) is 32.1. The number of rotatable bonds is 9. The van der Waals surface area contributed by atoms with E-state index in [-0.39, 0.29) is 17.8 Å². The third-order valence-electron chi connectivity index (χ3n) is 7.15. The van der Waals surface area contributed by atoms with Gasteiger partial charge < -0.3 is 10.1 Å². The second-order valence-corrected chi connectivity index (χ2v) is 11.8. The highest BCUT2D eigenvalue weighted by atomic mass is 32.1. The van der Waals surface area contributed by atoms with Crippen LogP contribution in [0.5, 0.6) is 5.75 Å². The monoisotopic (exact) mass is 634 g/mol. The number of nitrogens with zero attached hydrogens (tertiary/aromatic N) is 5. The fraction of sp³-hybridized carbons (Fsp3) is 0.273. The number of carbonyl (C=O) groups excluding carboxylic acids is 1. The highest BCUT2D eigenvalue weighted by molar-refractivity contribution is 7.07. The third-order valence-corrected chi connectivity index (χ3v) is 8.09. The molecule has 3 aromatic carbocycles. The number of halogens is 3. The Hall–Kier alpha value is -4.71. The van der Waals surface area contributed by atoms with E-state index in [4.69, 9.17) is 0 Å². The van der Waals surface area contributed by atoms with Gasteiger partial charge in [0.2, 0.25) is 0 Å². The second-order valence-electron chi connectivity index (χ2n) is 11.0. The summed E-state index contributed by atoms with van der Waals surface area (Å²) in [6.45, 7) is 8.27. The molecule has 234 valence electrons. The number of hydrogen-bond acceptors (Lipinski definition) is 5. The number of alkyl halides is 3. The van der Waals surface area contributed by atoms with Crippen LogP contribution in [0.2, 0.25) is 0 Å². The Kier molecular flexibility index (Phi) is 9.52. The van der Waals surface area contributed by atoms with Gasteiger partial charge in [-0.2, -0.15) is 4.99 Å². The van der Waals surface area contributed by atoms with Gasteiger partial charge >= 0.3 is 12.4 Å². The van der Waals surface area contributed by atoms with Gasteiger partial charge in [-0.1, -0.05) is 56.3 Å². The summed E-state index contributed by atoms with van der Waals surface area (Å²) in [4.78, 5) is 22.2. The summed E-state index contributed by atoms with van der Waals surface area (Å²) < 4.78 is 44.7. The molecule has 1 N–H and O–H groups in total. The smallest absolute Gasteiger partial charge is 0.406 e. The fourth-order valence-electron chi connectivity index (χ4n) is 4.87. The Morgan fingerprint density at radius 3 is 2.42 bits per heavy atom. The van der Waals surface area contributed by atoms with E-state index in [0.29, 0.717) is 22.2 Å². The lowest BCUT2D eigenvalue weighted by molar-refractivity contribution is -0.274. The number of nitrogens with one attached hydrogen (secondary N) is 1. The van der Waals surface area contributed by atoms with Crippen molar-refractivity contribution in [2.75, 3.05) is 0 Å². The lowest BCUT2D eigenvalue weighted by Gasteiger charge is -2.15. The normalized spacial score (nSPS) is 12.8. The third kappa shape index (κ3) is 8.07. The number of amides is 2. The maximum absolute atomic E-state index is 12.9. The van der Waals surface area contributed by atoms with Gasteiger partial charge in [0.1, 0.15) is 12.1 Å². The van der Waals surface area contributed by atoms with E-state index in [9.17, 15) is 18.0 Å². The van der Waals surface area contributed by atoms with Gasteiger partial charge in [0, 0.05) is 22.7 Å². The lowest BCUT2D eigenvalue weighted by Crippen LogP contribution is -2.32. The molecule has 0 saturated heterocycles. The first-order valence-corrected chi connectivity index (χ1v) is 15.3. The second kappa shape index (κ2) is 13.5. The van der Waals surface area contributed by atoms with Gasteiger partial charge in [0.25, 0.3) is 0 Å². The van der Waals surface area contributed by atoms with Crippen molar-refractivity contribution >= 4 is 17.4 Å². The summed E-state index contributed by atoms with van der Waals surface area (Å²) in [5.41, 5.74) is 5.68. The molecule has 0 radical (unpaired) electrons. The topological polar surface area (TPSA) is 86.3 Å². The van der Waals surface area contributed by atoms with E-state index in [1.54, 1.807) is 0 Å². The van der Waals surface area contributed by atoms with Gasteiger partial charge in [0.15, 0.2) is 10.6 Å². The molecule has 0 fully saturated rings. The van der Waals surface area contributed by atoms with Crippen LogP contribution in [0.15, 0.2) is 89.5 Å². The van der Waals surface area contributed by atoms with Crippen molar-refractivity contribution in [1.29, 1.82) is 0 Å².